The normalized spacial score (nSPS) is 19.8. The molecule has 0 aliphatic carbocycles. The lowest BCUT2D eigenvalue weighted by Crippen LogP contribution is -2.43. The average molecular weight is 292 g/mol. The molecule has 1 N–H and O–H groups in total. The molecule has 0 bridgehead atoms. The van der Waals surface area contributed by atoms with Crippen LogP contribution in [0.5, 0.6) is 0 Å². The van der Waals surface area contributed by atoms with Gasteiger partial charge in [0.1, 0.15) is 0 Å². The number of nitrogens with zero attached hydrogens (tertiary/aromatic N) is 2. The first-order valence-corrected chi connectivity index (χ1v) is 7.08. The molecule has 2 heterocycles. The van der Waals surface area contributed by atoms with Crippen molar-refractivity contribution in [3.63, 3.8) is 0 Å². The molecular formula is C16H22ClN3. The molecule has 20 heavy (non-hydrogen) atoms. The highest BCUT2D eigenvalue weighted by atomic mass is 35.5. The Labute approximate surface area is 126 Å². The smallest absolute Gasteiger partial charge is 0.0702 e. The summed E-state index contributed by atoms with van der Waals surface area (Å²) in [4.78, 5) is 6.91. The molecule has 1 fully saturated rings. The van der Waals surface area contributed by atoms with Crippen LogP contribution < -0.4 is 5.32 Å². The monoisotopic (exact) mass is 291 g/mol. The van der Waals surface area contributed by atoms with Gasteiger partial charge in [-0.15, -0.1) is 12.4 Å². The van der Waals surface area contributed by atoms with Gasteiger partial charge in [-0.2, -0.15) is 0 Å². The number of hydrogen-bond acceptors (Lipinski definition) is 3. The first-order chi connectivity index (χ1) is 9.35. The summed E-state index contributed by atoms with van der Waals surface area (Å²) < 4.78 is 0. The maximum Gasteiger partial charge on any atom is 0.0702 e. The van der Waals surface area contributed by atoms with Crippen molar-refractivity contribution in [3.05, 3.63) is 42.1 Å². The topological polar surface area (TPSA) is 28.2 Å². The number of piperidine rings is 1. The maximum atomic E-state index is 4.37. The summed E-state index contributed by atoms with van der Waals surface area (Å²) >= 11 is 0. The van der Waals surface area contributed by atoms with Crippen LogP contribution in [0.15, 0.2) is 36.5 Å². The van der Waals surface area contributed by atoms with Crippen LogP contribution in [-0.2, 0) is 6.54 Å². The number of likely N-dealkylation sites (N-methyl/N-ethyl adjacent to an activating group) is 1. The Morgan fingerprint density at radius 1 is 1.35 bits per heavy atom. The van der Waals surface area contributed by atoms with E-state index in [4.69, 9.17) is 0 Å². The third-order valence-electron chi connectivity index (χ3n) is 3.99. The maximum absolute atomic E-state index is 4.37. The molecule has 0 radical (unpaired) electrons. The molecule has 108 valence electrons. The molecule has 0 amide bonds. The van der Waals surface area contributed by atoms with Crippen molar-refractivity contribution >= 4 is 23.3 Å². The van der Waals surface area contributed by atoms with Gasteiger partial charge in [0.15, 0.2) is 0 Å². The van der Waals surface area contributed by atoms with E-state index >= 15 is 0 Å². The molecule has 1 atom stereocenters. The SMILES string of the molecule is CNC1CCCN(Cc2ccc3ncccc3c2)C1.Cl. The van der Waals surface area contributed by atoms with Gasteiger partial charge < -0.3 is 5.32 Å². The number of likely N-dealkylation sites (tertiary alicyclic amines) is 1. The average Bonchev–Trinajstić information content (AvgIpc) is 2.47. The summed E-state index contributed by atoms with van der Waals surface area (Å²) in [6.45, 7) is 3.41. The van der Waals surface area contributed by atoms with Crippen LogP contribution in [0.4, 0.5) is 0 Å². The number of fused-ring (bicyclic) bond motifs is 1. The lowest BCUT2D eigenvalue weighted by Gasteiger charge is -2.32. The predicted octanol–water partition coefficient (Wildman–Crippen LogP) is 2.84. The molecule has 1 saturated heterocycles. The molecule has 1 unspecified atom stereocenters. The van der Waals surface area contributed by atoms with Gasteiger partial charge in [0, 0.05) is 30.7 Å². The van der Waals surface area contributed by atoms with E-state index in [9.17, 15) is 0 Å². The van der Waals surface area contributed by atoms with Crippen molar-refractivity contribution in [1.29, 1.82) is 0 Å². The van der Waals surface area contributed by atoms with E-state index in [1.165, 1.54) is 30.3 Å². The second kappa shape index (κ2) is 7.02. The Balaban J connectivity index is 0.00000147. The Hall–Kier alpha value is -1.16. The van der Waals surface area contributed by atoms with Gasteiger partial charge in [0.05, 0.1) is 5.52 Å². The molecule has 3 nitrogen and oxygen atoms in total. The summed E-state index contributed by atoms with van der Waals surface area (Å²) in [6.07, 6.45) is 4.44. The van der Waals surface area contributed by atoms with Crippen molar-refractivity contribution in [2.75, 3.05) is 20.1 Å². The molecule has 1 aliphatic heterocycles. The number of rotatable bonds is 3. The zero-order chi connectivity index (χ0) is 13.1. The quantitative estimate of drug-likeness (QED) is 0.942. The molecule has 1 aliphatic rings. The van der Waals surface area contributed by atoms with E-state index in [0.717, 1.165) is 18.6 Å². The zero-order valence-corrected chi connectivity index (χ0v) is 12.7. The third kappa shape index (κ3) is 3.48. The van der Waals surface area contributed by atoms with E-state index in [0.29, 0.717) is 6.04 Å². The molecule has 1 aromatic carbocycles. The van der Waals surface area contributed by atoms with Crippen LogP contribution in [0.2, 0.25) is 0 Å². The Morgan fingerprint density at radius 2 is 2.25 bits per heavy atom. The Bertz CT molecular complexity index is 558. The fourth-order valence-corrected chi connectivity index (χ4v) is 2.92. The molecular weight excluding hydrogens is 270 g/mol. The number of nitrogens with one attached hydrogen (secondary N) is 1. The van der Waals surface area contributed by atoms with Crippen molar-refractivity contribution in [1.82, 2.24) is 15.2 Å². The van der Waals surface area contributed by atoms with Crippen molar-refractivity contribution in [2.24, 2.45) is 0 Å². The minimum atomic E-state index is 0. The highest BCUT2D eigenvalue weighted by Crippen LogP contribution is 2.17. The number of halogens is 1. The first kappa shape index (κ1) is 15.2. The number of aromatic nitrogens is 1. The Morgan fingerprint density at radius 3 is 3.10 bits per heavy atom. The van der Waals surface area contributed by atoms with Gasteiger partial charge in [-0.05, 0) is 50.2 Å². The third-order valence-corrected chi connectivity index (χ3v) is 3.99. The van der Waals surface area contributed by atoms with Crippen LogP contribution >= 0.6 is 12.4 Å². The van der Waals surface area contributed by atoms with Gasteiger partial charge in [0.25, 0.3) is 0 Å². The van der Waals surface area contributed by atoms with Gasteiger partial charge >= 0.3 is 0 Å². The van der Waals surface area contributed by atoms with Gasteiger partial charge in [0.2, 0.25) is 0 Å². The van der Waals surface area contributed by atoms with Gasteiger partial charge in [-0.25, -0.2) is 0 Å². The van der Waals surface area contributed by atoms with Crippen LogP contribution in [0, 0.1) is 0 Å². The molecule has 2 aromatic rings. The molecule has 0 saturated carbocycles. The summed E-state index contributed by atoms with van der Waals surface area (Å²) in [5, 5.41) is 4.64. The minimum absolute atomic E-state index is 0. The summed E-state index contributed by atoms with van der Waals surface area (Å²) in [7, 11) is 2.07. The van der Waals surface area contributed by atoms with Crippen molar-refractivity contribution in [3.8, 4) is 0 Å². The molecule has 0 spiro atoms. The predicted molar refractivity (Wildman–Crippen MR) is 86.3 cm³/mol. The van der Waals surface area contributed by atoms with E-state index in [1.54, 1.807) is 0 Å². The fourth-order valence-electron chi connectivity index (χ4n) is 2.92. The Kier molecular flexibility index (Phi) is 5.35. The summed E-state index contributed by atoms with van der Waals surface area (Å²) in [6, 6.07) is 11.4. The van der Waals surface area contributed by atoms with Gasteiger partial charge in [-0.1, -0.05) is 12.1 Å². The zero-order valence-electron chi connectivity index (χ0n) is 11.9. The lowest BCUT2D eigenvalue weighted by atomic mass is 10.0. The standard InChI is InChI=1S/C16H21N3.ClH/c1-17-15-5-3-9-19(12-15)11-13-6-7-16-14(10-13)4-2-8-18-16;/h2,4,6-8,10,15,17H,3,5,9,11-12H2,1H3;1H. The summed E-state index contributed by atoms with van der Waals surface area (Å²) in [5.41, 5.74) is 2.47. The van der Waals surface area contributed by atoms with E-state index in [2.05, 4.69) is 46.5 Å². The van der Waals surface area contributed by atoms with Crippen LogP contribution in [0.25, 0.3) is 10.9 Å². The molecule has 3 rings (SSSR count). The highest BCUT2D eigenvalue weighted by molar-refractivity contribution is 5.85. The first-order valence-electron chi connectivity index (χ1n) is 7.08. The highest BCUT2D eigenvalue weighted by Gasteiger charge is 2.18. The number of pyridine rings is 1. The van der Waals surface area contributed by atoms with Gasteiger partial charge in [-0.3, -0.25) is 9.88 Å². The van der Waals surface area contributed by atoms with Crippen LogP contribution in [0.3, 0.4) is 0 Å². The number of benzene rings is 1. The molecule has 4 heteroatoms. The number of hydrogen-bond donors (Lipinski definition) is 1. The second-order valence-electron chi connectivity index (χ2n) is 5.39. The van der Waals surface area contributed by atoms with Crippen molar-refractivity contribution in [2.45, 2.75) is 25.4 Å². The fraction of sp³-hybridized carbons (Fsp3) is 0.438. The van der Waals surface area contributed by atoms with Crippen molar-refractivity contribution < 1.29 is 0 Å². The van der Waals surface area contributed by atoms with Crippen LogP contribution in [-0.4, -0.2) is 36.1 Å². The van der Waals surface area contributed by atoms with E-state index in [-0.39, 0.29) is 12.4 Å². The summed E-state index contributed by atoms with van der Waals surface area (Å²) in [5.74, 6) is 0. The molecule has 1 aromatic heterocycles. The lowest BCUT2D eigenvalue weighted by molar-refractivity contribution is 0.188. The second-order valence-corrected chi connectivity index (χ2v) is 5.39. The van der Waals surface area contributed by atoms with E-state index < -0.39 is 0 Å². The van der Waals surface area contributed by atoms with Crippen LogP contribution in [0.1, 0.15) is 18.4 Å². The minimum Gasteiger partial charge on any atom is -0.316 e. The largest absolute Gasteiger partial charge is 0.316 e. The van der Waals surface area contributed by atoms with E-state index in [1.807, 2.05) is 12.3 Å².